The summed E-state index contributed by atoms with van der Waals surface area (Å²) in [6, 6.07) is 14.2. The van der Waals surface area contributed by atoms with Crippen molar-refractivity contribution in [3.8, 4) is 0 Å². The molecule has 0 amide bonds. The van der Waals surface area contributed by atoms with Crippen LogP contribution in [0.4, 0.5) is 0 Å². The van der Waals surface area contributed by atoms with Gasteiger partial charge in [0, 0.05) is 11.2 Å². The molecule has 0 saturated heterocycles. The van der Waals surface area contributed by atoms with E-state index in [2.05, 4.69) is 35.4 Å². The van der Waals surface area contributed by atoms with Gasteiger partial charge in [0.15, 0.2) is 0 Å². The zero-order chi connectivity index (χ0) is 14.2. The van der Waals surface area contributed by atoms with E-state index in [4.69, 9.17) is 11.6 Å². The average Bonchev–Trinajstić information content (AvgIpc) is 2.50. The summed E-state index contributed by atoms with van der Waals surface area (Å²) in [5.74, 6) is 0. The van der Waals surface area contributed by atoms with Crippen LogP contribution in [0.2, 0.25) is 5.02 Å². The third kappa shape index (κ3) is 4.32. The van der Waals surface area contributed by atoms with Gasteiger partial charge in [-0.05, 0) is 42.8 Å². The van der Waals surface area contributed by atoms with Gasteiger partial charge in [-0.3, -0.25) is 4.98 Å². The van der Waals surface area contributed by atoms with E-state index >= 15 is 0 Å². The summed E-state index contributed by atoms with van der Waals surface area (Å²) in [7, 11) is 0. The lowest BCUT2D eigenvalue weighted by molar-refractivity contribution is 0.557. The maximum atomic E-state index is 5.97. The lowest BCUT2D eigenvalue weighted by Crippen LogP contribution is -2.24. The molecule has 0 aliphatic rings. The second kappa shape index (κ2) is 8.03. The smallest absolute Gasteiger partial charge is 0.0751 e. The number of nitrogens with zero attached hydrogens (tertiary/aromatic N) is 1. The number of aromatic nitrogens is 1. The molecule has 2 rings (SSSR count). The van der Waals surface area contributed by atoms with Crippen LogP contribution in [-0.2, 0) is 0 Å². The fourth-order valence-corrected chi connectivity index (χ4v) is 2.34. The first-order chi connectivity index (χ1) is 9.81. The summed E-state index contributed by atoms with van der Waals surface area (Å²) >= 11 is 5.97. The maximum Gasteiger partial charge on any atom is 0.0751 e. The van der Waals surface area contributed by atoms with E-state index in [9.17, 15) is 0 Å². The standard InChI is InChI=1S/C17H21ClN2/c1-2-3-5-13-20-17(16-7-4-6-12-19-16)14-8-10-15(18)11-9-14/h4,6-12,17,20H,2-3,5,13H2,1H3. The van der Waals surface area contributed by atoms with Crippen LogP contribution in [0.15, 0.2) is 48.7 Å². The minimum atomic E-state index is 0.130. The quantitative estimate of drug-likeness (QED) is 0.753. The molecule has 1 atom stereocenters. The van der Waals surface area contributed by atoms with Gasteiger partial charge in [-0.2, -0.15) is 0 Å². The predicted molar refractivity (Wildman–Crippen MR) is 85.1 cm³/mol. The fraction of sp³-hybridized carbons (Fsp3) is 0.353. The highest BCUT2D eigenvalue weighted by Crippen LogP contribution is 2.22. The van der Waals surface area contributed by atoms with E-state index in [1.54, 1.807) is 0 Å². The van der Waals surface area contributed by atoms with Gasteiger partial charge < -0.3 is 5.32 Å². The molecule has 0 saturated carbocycles. The van der Waals surface area contributed by atoms with E-state index in [0.717, 1.165) is 17.3 Å². The third-order valence-electron chi connectivity index (χ3n) is 3.32. The average molecular weight is 289 g/mol. The highest BCUT2D eigenvalue weighted by Gasteiger charge is 2.14. The number of rotatable bonds is 7. The Kier molecular flexibility index (Phi) is 6.03. The molecule has 1 N–H and O–H groups in total. The molecule has 1 unspecified atom stereocenters. The van der Waals surface area contributed by atoms with Gasteiger partial charge in [-0.15, -0.1) is 0 Å². The van der Waals surface area contributed by atoms with Crippen LogP contribution in [-0.4, -0.2) is 11.5 Å². The van der Waals surface area contributed by atoms with Crippen molar-refractivity contribution in [2.75, 3.05) is 6.54 Å². The van der Waals surface area contributed by atoms with Crippen molar-refractivity contribution in [3.05, 3.63) is 64.9 Å². The van der Waals surface area contributed by atoms with Crippen LogP contribution in [0.5, 0.6) is 0 Å². The topological polar surface area (TPSA) is 24.9 Å². The zero-order valence-corrected chi connectivity index (χ0v) is 12.6. The monoisotopic (exact) mass is 288 g/mol. The molecule has 0 spiro atoms. The van der Waals surface area contributed by atoms with Crippen molar-refractivity contribution in [1.29, 1.82) is 0 Å². The van der Waals surface area contributed by atoms with Crippen LogP contribution >= 0.6 is 11.6 Å². The van der Waals surface area contributed by atoms with Crippen LogP contribution in [0.3, 0.4) is 0 Å². The lowest BCUT2D eigenvalue weighted by Gasteiger charge is -2.19. The Morgan fingerprint density at radius 3 is 2.55 bits per heavy atom. The highest BCUT2D eigenvalue weighted by molar-refractivity contribution is 6.30. The Morgan fingerprint density at radius 1 is 1.10 bits per heavy atom. The van der Waals surface area contributed by atoms with Gasteiger partial charge in [0.25, 0.3) is 0 Å². The molecule has 2 nitrogen and oxygen atoms in total. The number of halogens is 1. The van der Waals surface area contributed by atoms with E-state index in [-0.39, 0.29) is 6.04 Å². The van der Waals surface area contributed by atoms with Gasteiger partial charge in [0.2, 0.25) is 0 Å². The van der Waals surface area contributed by atoms with Gasteiger partial charge in [-0.25, -0.2) is 0 Å². The Hall–Kier alpha value is -1.38. The molecule has 0 aliphatic heterocycles. The van der Waals surface area contributed by atoms with Crippen LogP contribution in [0, 0.1) is 0 Å². The summed E-state index contributed by atoms with van der Waals surface area (Å²) in [6.07, 6.45) is 5.51. The molecule has 1 heterocycles. The largest absolute Gasteiger partial charge is 0.305 e. The molecule has 0 bridgehead atoms. The second-order valence-electron chi connectivity index (χ2n) is 4.90. The first-order valence-electron chi connectivity index (χ1n) is 7.21. The molecule has 20 heavy (non-hydrogen) atoms. The van der Waals surface area contributed by atoms with Gasteiger partial charge in [0.1, 0.15) is 0 Å². The number of unbranched alkanes of at least 4 members (excludes halogenated alkanes) is 2. The predicted octanol–water partition coefficient (Wildman–Crippen LogP) is 4.60. The minimum absolute atomic E-state index is 0.130. The second-order valence-corrected chi connectivity index (χ2v) is 5.34. The van der Waals surface area contributed by atoms with Crippen LogP contribution in [0.25, 0.3) is 0 Å². The Bertz CT molecular complexity index is 496. The number of hydrogen-bond acceptors (Lipinski definition) is 2. The van der Waals surface area contributed by atoms with Crippen LogP contribution in [0.1, 0.15) is 43.5 Å². The molecule has 1 aromatic carbocycles. The number of pyridine rings is 1. The van der Waals surface area contributed by atoms with E-state index < -0.39 is 0 Å². The first-order valence-corrected chi connectivity index (χ1v) is 7.59. The van der Waals surface area contributed by atoms with E-state index in [1.165, 1.54) is 24.8 Å². The normalized spacial score (nSPS) is 12.3. The lowest BCUT2D eigenvalue weighted by atomic mass is 10.0. The van der Waals surface area contributed by atoms with Gasteiger partial charge in [-0.1, -0.05) is 49.6 Å². The fourth-order valence-electron chi connectivity index (χ4n) is 2.22. The summed E-state index contributed by atoms with van der Waals surface area (Å²) in [4.78, 5) is 4.48. The molecule has 1 aromatic heterocycles. The van der Waals surface area contributed by atoms with Crippen molar-refractivity contribution in [2.24, 2.45) is 0 Å². The Morgan fingerprint density at radius 2 is 1.90 bits per heavy atom. The van der Waals surface area contributed by atoms with Crippen molar-refractivity contribution >= 4 is 11.6 Å². The van der Waals surface area contributed by atoms with Crippen molar-refractivity contribution in [1.82, 2.24) is 10.3 Å². The summed E-state index contributed by atoms with van der Waals surface area (Å²) in [6.45, 7) is 3.22. The molecule has 106 valence electrons. The van der Waals surface area contributed by atoms with E-state index in [0.29, 0.717) is 0 Å². The maximum absolute atomic E-state index is 5.97. The SMILES string of the molecule is CCCCCNC(c1ccc(Cl)cc1)c1ccccn1. The molecule has 0 aliphatic carbocycles. The molecule has 0 fully saturated rings. The number of nitrogens with one attached hydrogen (secondary N) is 1. The van der Waals surface area contributed by atoms with Crippen molar-refractivity contribution < 1.29 is 0 Å². The summed E-state index contributed by atoms with van der Waals surface area (Å²) < 4.78 is 0. The molecule has 3 heteroatoms. The molecule has 0 radical (unpaired) electrons. The van der Waals surface area contributed by atoms with Crippen molar-refractivity contribution in [2.45, 2.75) is 32.2 Å². The number of benzene rings is 1. The molecular formula is C17H21ClN2. The molecular weight excluding hydrogens is 268 g/mol. The third-order valence-corrected chi connectivity index (χ3v) is 3.57. The summed E-state index contributed by atoms with van der Waals surface area (Å²) in [5.41, 5.74) is 2.25. The first kappa shape index (κ1) is 15.0. The van der Waals surface area contributed by atoms with Gasteiger partial charge in [0.05, 0.1) is 11.7 Å². The summed E-state index contributed by atoms with van der Waals surface area (Å²) in [5, 5.41) is 4.36. The van der Waals surface area contributed by atoms with E-state index in [1.807, 2.05) is 30.5 Å². The van der Waals surface area contributed by atoms with Crippen molar-refractivity contribution in [3.63, 3.8) is 0 Å². The zero-order valence-electron chi connectivity index (χ0n) is 11.8. The van der Waals surface area contributed by atoms with Gasteiger partial charge >= 0.3 is 0 Å². The number of hydrogen-bond donors (Lipinski definition) is 1. The molecule has 2 aromatic rings. The Labute approximate surface area is 126 Å². The Balaban J connectivity index is 2.13. The van der Waals surface area contributed by atoms with Crippen LogP contribution < -0.4 is 5.32 Å². The highest BCUT2D eigenvalue weighted by atomic mass is 35.5. The minimum Gasteiger partial charge on any atom is -0.305 e.